The normalized spacial score (nSPS) is 40.5. The third-order valence-corrected chi connectivity index (χ3v) is 11.4. The summed E-state index contributed by atoms with van der Waals surface area (Å²) in [7, 11) is 1.37. The van der Waals surface area contributed by atoms with Crippen molar-refractivity contribution in [1.82, 2.24) is 0 Å². The summed E-state index contributed by atoms with van der Waals surface area (Å²) in [6, 6.07) is 8.94. The number of benzene rings is 1. The molecule has 4 heterocycles. The van der Waals surface area contributed by atoms with E-state index in [0.717, 1.165) is 18.4 Å². The zero-order valence-electron chi connectivity index (χ0n) is 31.2. The van der Waals surface area contributed by atoms with Gasteiger partial charge in [0.1, 0.15) is 43.0 Å². The molecule has 0 amide bonds. The van der Waals surface area contributed by atoms with Crippen molar-refractivity contribution in [2.24, 2.45) is 22.9 Å². The van der Waals surface area contributed by atoms with Crippen molar-refractivity contribution in [3.8, 4) is 0 Å². The molecule has 1 aliphatic carbocycles. The van der Waals surface area contributed by atoms with Gasteiger partial charge in [-0.25, -0.2) is 4.79 Å². The van der Waals surface area contributed by atoms with Gasteiger partial charge in [-0.15, -0.1) is 0 Å². The zero-order chi connectivity index (χ0) is 37.9. The lowest BCUT2D eigenvalue weighted by molar-refractivity contribution is -0.335. The fourth-order valence-electron chi connectivity index (χ4n) is 8.49. The van der Waals surface area contributed by atoms with Gasteiger partial charge in [-0.3, -0.25) is 4.79 Å². The van der Waals surface area contributed by atoms with E-state index in [0.29, 0.717) is 42.7 Å². The molecule has 1 spiro atoms. The van der Waals surface area contributed by atoms with Crippen LogP contribution in [0, 0.1) is 17.8 Å². The van der Waals surface area contributed by atoms with Gasteiger partial charge in [-0.05, 0) is 48.8 Å². The maximum Gasteiger partial charge on any atom is 0.361 e. The van der Waals surface area contributed by atoms with Gasteiger partial charge in [0.15, 0.2) is 11.5 Å². The SMILES string of the molecule is CC[C@H]1OC2(CC[C@@H]1C)C[C@@H]1C[C@@H](C/C=C(\C)[C@H](OC(=O)C(=NOC)c3ccccc3)[C@@H](C)/C=C/C=C3\COC4[C@H](O)C(CO)=CC(C(=O)O1)[C@]34O)O2. The maximum atomic E-state index is 14.2. The summed E-state index contributed by atoms with van der Waals surface area (Å²) >= 11 is 0. The topological polar surface area (TPSA) is 163 Å². The minimum Gasteiger partial charge on any atom is -0.462 e. The molecule has 3 fully saturated rings. The largest absolute Gasteiger partial charge is 0.462 e. The van der Waals surface area contributed by atoms with E-state index in [2.05, 4.69) is 19.0 Å². The summed E-state index contributed by atoms with van der Waals surface area (Å²) in [5.41, 5.74) is -0.0615. The second-order valence-corrected chi connectivity index (χ2v) is 15.0. The highest BCUT2D eigenvalue weighted by molar-refractivity contribution is 6.43. The summed E-state index contributed by atoms with van der Waals surface area (Å²) in [6.07, 6.45) is 7.71. The molecule has 1 aromatic rings. The molecule has 5 aliphatic rings. The van der Waals surface area contributed by atoms with Crippen LogP contribution in [-0.2, 0) is 38.1 Å². The number of nitrogens with zero attached hydrogens (tertiary/aromatic N) is 1. The monoisotopic (exact) mass is 735 g/mol. The average Bonchev–Trinajstić information content (AvgIpc) is 3.49. The van der Waals surface area contributed by atoms with Crippen molar-refractivity contribution in [3.05, 3.63) is 83.0 Å². The van der Waals surface area contributed by atoms with Crippen molar-refractivity contribution in [3.63, 3.8) is 0 Å². The van der Waals surface area contributed by atoms with Crippen LogP contribution in [0.3, 0.4) is 0 Å². The predicted octanol–water partition coefficient (Wildman–Crippen LogP) is 4.47. The van der Waals surface area contributed by atoms with E-state index in [4.69, 9.17) is 28.5 Å². The lowest BCUT2D eigenvalue weighted by Crippen LogP contribution is -2.58. The summed E-state index contributed by atoms with van der Waals surface area (Å²) < 4.78 is 31.8. The Hall–Kier alpha value is -3.65. The van der Waals surface area contributed by atoms with Crippen LogP contribution in [0.1, 0.15) is 71.8 Å². The molecule has 288 valence electrons. The van der Waals surface area contributed by atoms with Gasteiger partial charge in [0, 0.05) is 30.7 Å². The summed E-state index contributed by atoms with van der Waals surface area (Å²) in [5.74, 6) is -3.61. The van der Waals surface area contributed by atoms with E-state index in [1.165, 1.54) is 13.2 Å². The number of aliphatic hydroxyl groups excluding tert-OH is 2. The van der Waals surface area contributed by atoms with Crippen LogP contribution in [0.5, 0.6) is 0 Å². The van der Waals surface area contributed by atoms with Crippen LogP contribution in [0.15, 0.2) is 82.6 Å². The van der Waals surface area contributed by atoms with E-state index in [1.54, 1.807) is 36.4 Å². The first-order valence-electron chi connectivity index (χ1n) is 18.7. The van der Waals surface area contributed by atoms with E-state index < -0.39 is 66.4 Å². The Morgan fingerprint density at radius 2 is 1.91 bits per heavy atom. The molecular formula is C41H53NO11. The predicted molar refractivity (Wildman–Crippen MR) is 194 cm³/mol. The number of fused-ring (bicyclic) bond motifs is 2. The Balaban J connectivity index is 1.40. The second kappa shape index (κ2) is 16.4. The van der Waals surface area contributed by atoms with Crippen LogP contribution in [0.25, 0.3) is 0 Å². The average molecular weight is 736 g/mol. The minimum absolute atomic E-state index is 0.0243. The van der Waals surface area contributed by atoms with E-state index in [9.17, 15) is 24.9 Å². The molecule has 3 unspecified atom stereocenters. The molecule has 11 atom stereocenters. The standard InChI is InChI=1S/C41H53NO11/c1-6-33-24(2)17-18-40(53-33)21-31-20-30(52-40)16-15-26(4)36(51-39(46)34(42-48-5)27-12-8-7-9-13-27)25(3)11-10-14-29-23-49-37-35(44)28(22-43)19-32(38(45)50-31)41(29,37)47/h7-15,19,24-25,30-33,35-37,43-44,47H,6,16-18,20-23H2,1-5H3/b11-10+,26-15+,29-14+,42-34?/t24-,25-,30+,31-,32?,33+,35+,36+,37?,40?,41+/m0/s1. The third-order valence-electron chi connectivity index (χ3n) is 11.4. The number of oxime groups is 1. The van der Waals surface area contributed by atoms with Crippen molar-refractivity contribution < 1.29 is 53.4 Å². The molecular weight excluding hydrogens is 682 g/mol. The van der Waals surface area contributed by atoms with Crippen molar-refractivity contribution >= 4 is 17.7 Å². The second-order valence-electron chi connectivity index (χ2n) is 15.0. The quantitative estimate of drug-likeness (QED) is 0.164. The Morgan fingerprint density at radius 3 is 2.62 bits per heavy atom. The van der Waals surface area contributed by atoms with Gasteiger partial charge in [0.05, 0.1) is 25.4 Å². The molecule has 6 rings (SSSR count). The van der Waals surface area contributed by atoms with Crippen molar-refractivity contribution in [1.29, 1.82) is 0 Å². The van der Waals surface area contributed by atoms with Gasteiger partial charge in [0.2, 0.25) is 0 Å². The summed E-state index contributed by atoms with van der Waals surface area (Å²) in [6.45, 7) is 7.49. The fraction of sp³-hybridized carbons (Fsp3) is 0.585. The Labute approximate surface area is 311 Å². The van der Waals surface area contributed by atoms with E-state index >= 15 is 0 Å². The number of carbonyl (C=O) groups is 2. The molecule has 12 heteroatoms. The van der Waals surface area contributed by atoms with Gasteiger partial charge < -0.3 is 43.8 Å². The van der Waals surface area contributed by atoms with Gasteiger partial charge in [-0.1, -0.05) is 86.6 Å². The first kappa shape index (κ1) is 39.1. The van der Waals surface area contributed by atoms with E-state index in [-0.39, 0.29) is 29.9 Å². The number of allylic oxidation sites excluding steroid dienone is 2. The Bertz CT molecular complexity index is 1650. The van der Waals surface area contributed by atoms with Crippen molar-refractivity contribution in [2.45, 2.75) is 114 Å². The number of rotatable bonds is 6. The zero-order valence-corrected chi connectivity index (χ0v) is 31.2. The molecule has 3 N–H and O–H groups in total. The Kier molecular flexibility index (Phi) is 12.1. The van der Waals surface area contributed by atoms with E-state index in [1.807, 2.05) is 32.1 Å². The molecule has 2 bridgehead atoms. The Morgan fingerprint density at radius 1 is 1.13 bits per heavy atom. The van der Waals surface area contributed by atoms with Crippen LogP contribution in [0.2, 0.25) is 0 Å². The van der Waals surface area contributed by atoms with Crippen LogP contribution in [0.4, 0.5) is 0 Å². The number of hydrogen-bond donors (Lipinski definition) is 3. The first-order chi connectivity index (χ1) is 25.4. The number of hydrogen-bond acceptors (Lipinski definition) is 12. The molecule has 0 saturated carbocycles. The molecule has 1 aromatic carbocycles. The lowest BCUT2D eigenvalue weighted by atomic mass is 9.70. The van der Waals surface area contributed by atoms with Gasteiger partial charge in [0.25, 0.3) is 0 Å². The number of ether oxygens (including phenoxy) is 5. The van der Waals surface area contributed by atoms with Gasteiger partial charge in [-0.2, -0.15) is 0 Å². The summed E-state index contributed by atoms with van der Waals surface area (Å²) in [5, 5.41) is 37.5. The first-order valence-corrected chi connectivity index (χ1v) is 18.7. The highest BCUT2D eigenvalue weighted by Gasteiger charge is 2.60. The molecule has 3 saturated heterocycles. The molecule has 0 radical (unpaired) electrons. The fourth-order valence-corrected chi connectivity index (χ4v) is 8.49. The lowest BCUT2D eigenvalue weighted by Gasteiger charge is -2.50. The number of esters is 2. The number of aliphatic hydroxyl groups is 3. The van der Waals surface area contributed by atoms with Gasteiger partial charge >= 0.3 is 11.9 Å². The minimum atomic E-state index is -1.95. The molecule has 4 aliphatic heterocycles. The highest BCUT2D eigenvalue weighted by Crippen LogP contribution is 2.47. The van der Waals surface area contributed by atoms with Crippen LogP contribution >= 0.6 is 0 Å². The highest BCUT2D eigenvalue weighted by atomic mass is 16.7. The number of carbonyl (C=O) groups excluding carboxylic acids is 2. The molecule has 53 heavy (non-hydrogen) atoms. The smallest absolute Gasteiger partial charge is 0.361 e. The van der Waals surface area contributed by atoms with Crippen molar-refractivity contribution in [2.75, 3.05) is 20.3 Å². The summed E-state index contributed by atoms with van der Waals surface area (Å²) in [4.78, 5) is 33.0. The van der Waals surface area contributed by atoms with Crippen LogP contribution < -0.4 is 0 Å². The van der Waals surface area contributed by atoms with Crippen LogP contribution in [-0.4, -0.2) is 101 Å². The molecule has 12 nitrogen and oxygen atoms in total. The molecule has 0 aromatic heterocycles. The third kappa shape index (κ3) is 7.94. The maximum absolute atomic E-state index is 14.2.